The standard InChI is InChI=1S/C61H61N/c1-5-46-27-31-48(32-28-46)20-12-7-9-18-38-61(39-19-10-8-13-21-49-33-29-47(6-2)30-34-49)57-40-44(3)26-36-52(57)55-43-54(45(4)41-58(55)61)50-35-37-60-56(42-50)53-24-16-17-25-59(53)62(60)51-22-14-11-15-23-51/h5-6,11,14-17,22-37,40-43H,1-2,7-10,12-13,18-21,38-39H2,3-4H3. The van der Waals surface area contributed by atoms with E-state index in [0.29, 0.717) is 0 Å². The molecule has 0 unspecified atom stereocenters. The highest BCUT2D eigenvalue weighted by molar-refractivity contribution is 6.10. The monoisotopic (exact) mass is 807 g/mol. The lowest BCUT2D eigenvalue weighted by Gasteiger charge is -2.33. The molecule has 1 aliphatic rings. The molecule has 9 rings (SSSR count). The van der Waals surface area contributed by atoms with Crippen LogP contribution in [0.25, 0.3) is 61.9 Å². The van der Waals surface area contributed by atoms with Crippen LogP contribution in [0.3, 0.4) is 0 Å². The van der Waals surface area contributed by atoms with Crippen LogP contribution in [0.15, 0.2) is 165 Å². The molecule has 0 fully saturated rings. The number of hydrogen-bond acceptors (Lipinski definition) is 0. The Hall–Kier alpha value is -6.18. The summed E-state index contributed by atoms with van der Waals surface area (Å²) in [5, 5.41) is 2.60. The van der Waals surface area contributed by atoms with Crippen molar-refractivity contribution >= 4 is 34.0 Å². The van der Waals surface area contributed by atoms with Crippen molar-refractivity contribution in [3.05, 3.63) is 209 Å². The van der Waals surface area contributed by atoms with Crippen molar-refractivity contribution in [3.8, 4) is 27.9 Å². The second-order valence-electron chi connectivity index (χ2n) is 18.0. The third-order valence-corrected chi connectivity index (χ3v) is 13.9. The maximum atomic E-state index is 3.92. The number of unbranched alkanes of at least 4 members (excludes halogenated alkanes) is 6. The fourth-order valence-electron chi connectivity index (χ4n) is 10.6. The van der Waals surface area contributed by atoms with Gasteiger partial charge in [-0.25, -0.2) is 0 Å². The molecule has 0 bridgehead atoms. The van der Waals surface area contributed by atoms with Gasteiger partial charge < -0.3 is 4.57 Å². The summed E-state index contributed by atoms with van der Waals surface area (Å²) in [4.78, 5) is 0. The van der Waals surface area contributed by atoms with E-state index >= 15 is 0 Å². The van der Waals surface area contributed by atoms with E-state index in [1.807, 2.05) is 12.2 Å². The van der Waals surface area contributed by atoms with Crippen molar-refractivity contribution in [2.24, 2.45) is 0 Å². The molecule has 1 heteroatoms. The normalized spacial score (nSPS) is 12.7. The lowest BCUT2D eigenvalue weighted by Crippen LogP contribution is -2.26. The van der Waals surface area contributed by atoms with Crippen LogP contribution in [0.5, 0.6) is 0 Å². The van der Waals surface area contributed by atoms with Gasteiger partial charge in [0.1, 0.15) is 0 Å². The third kappa shape index (κ3) is 8.26. The van der Waals surface area contributed by atoms with E-state index in [-0.39, 0.29) is 5.41 Å². The highest BCUT2D eigenvalue weighted by Gasteiger charge is 2.42. The highest BCUT2D eigenvalue weighted by Crippen LogP contribution is 2.56. The van der Waals surface area contributed by atoms with E-state index in [2.05, 4.69) is 183 Å². The summed E-state index contributed by atoms with van der Waals surface area (Å²) in [6, 6.07) is 57.2. The van der Waals surface area contributed by atoms with Crippen LogP contribution in [0.4, 0.5) is 0 Å². The first-order valence-electron chi connectivity index (χ1n) is 23.2. The number of nitrogens with zero attached hydrogens (tertiary/aromatic N) is 1. The molecule has 62 heavy (non-hydrogen) atoms. The van der Waals surface area contributed by atoms with Crippen LogP contribution in [-0.4, -0.2) is 4.57 Å². The van der Waals surface area contributed by atoms with Gasteiger partial charge in [0, 0.05) is 21.9 Å². The largest absolute Gasteiger partial charge is 0.309 e. The Balaban J connectivity index is 1.02. The minimum absolute atomic E-state index is 0.0219. The summed E-state index contributed by atoms with van der Waals surface area (Å²) in [7, 11) is 0. The van der Waals surface area contributed by atoms with Crippen LogP contribution in [-0.2, 0) is 18.3 Å². The molecule has 310 valence electrons. The van der Waals surface area contributed by atoms with E-state index in [4.69, 9.17) is 0 Å². The van der Waals surface area contributed by atoms with Crippen molar-refractivity contribution in [1.82, 2.24) is 4.57 Å². The number of benzene rings is 7. The second kappa shape index (κ2) is 18.4. The van der Waals surface area contributed by atoms with Crippen molar-refractivity contribution < 1.29 is 0 Å². The zero-order chi connectivity index (χ0) is 42.5. The van der Waals surface area contributed by atoms with Crippen LogP contribution < -0.4 is 0 Å². The summed E-state index contributed by atoms with van der Waals surface area (Å²) in [6.07, 6.45) is 18.6. The van der Waals surface area contributed by atoms with Gasteiger partial charge in [0.15, 0.2) is 0 Å². The molecule has 0 atom stereocenters. The van der Waals surface area contributed by atoms with Gasteiger partial charge in [-0.1, -0.05) is 185 Å². The first-order chi connectivity index (χ1) is 30.5. The van der Waals surface area contributed by atoms with Crippen LogP contribution in [0, 0.1) is 13.8 Å². The Morgan fingerprint density at radius 2 is 1.05 bits per heavy atom. The van der Waals surface area contributed by atoms with Gasteiger partial charge in [0.25, 0.3) is 0 Å². The van der Waals surface area contributed by atoms with Gasteiger partial charge in [-0.05, 0) is 150 Å². The molecule has 8 aromatic rings. The van der Waals surface area contributed by atoms with Gasteiger partial charge in [-0.3, -0.25) is 0 Å². The summed E-state index contributed by atoms with van der Waals surface area (Å²) in [5.41, 5.74) is 20.3. The molecule has 0 N–H and O–H groups in total. The van der Waals surface area contributed by atoms with E-state index in [1.165, 1.54) is 147 Å². The predicted molar refractivity (Wildman–Crippen MR) is 269 cm³/mol. The molecular formula is C61H61N. The van der Waals surface area contributed by atoms with Gasteiger partial charge in [0.05, 0.1) is 11.0 Å². The molecule has 0 saturated carbocycles. The van der Waals surface area contributed by atoms with Crippen LogP contribution in [0.2, 0.25) is 0 Å². The van der Waals surface area contributed by atoms with Crippen molar-refractivity contribution in [3.63, 3.8) is 0 Å². The minimum Gasteiger partial charge on any atom is -0.309 e. The highest BCUT2D eigenvalue weighted by atomic mass is 15.0. The first kappa shape index (κ1) is 41.2. The predicted octanol–water partition coefficient (Wildman–Crippen LogP) is 17.0. The molecular weight excluding hydrogens is 747 g/mol. The van der Waals surface area contributed by atoms with Gasteiger partial charge >= 0.3 is 0 Å². The molecule has 1 aromatic heterocycles. The summed E-state index contributed by atoms with van der Waals surface area (Å²) in [6.45, 7) is 12.5. The van der Waals surface area contributed by atoms with E-state index < -0.39 is 0 Å². The maximum Gasteiger partial charge on any atom is 0.0541 e. The fraction of sp³-hybridized carbons (Fsp3) is 0.246. The zero-order valence-corrected chi connectivity index (χ0v) is 36.9. The SMILES string of the molecule is C=Cc1ccc(CCCCCCC2(CCCCCCc3ccc(C=C)cc3)c3cc(C)ccc3-c3cc(-c4ccc5c(c4)c4ccccc4n5-c4ccccc4)c(C)cc32)cc1. The van der Waals surface area contributed by atoms with E-state index in [0.717, 1.165) is 12.8 Å². The molecule has 7 aromatic carbocycles. The molecule has 0 aliphatic heterocycles. The summed E-state index contributed by atoms with van der Waals surface area (Å²) < 4.78 is 2.41. The van der Waals surface area contributed by atoms with Crippen molar-refractivity contribution in [1.29, 1.82) is 0 Å². The Morgan fingerprint density at radius 1 is 0.468 bits per heavy atom. The van der Waals surface area contributed by atoms with Crippen molar-refractivity contribution in [2.75, 3.05) is 0 Å². The molecule has 0 radical (unpaired) electrons. The lowest BCUT2D eigenvalue weighted by molar-refractivity contribution is 0.399. The van der Waals surface area contributed by atoms with Gasteiger partial charge in [-0.15, -0.1) is 0 Å². The Labute approximate surface area is 370 Å². The lowest BCUT2D eigenvalue weighted by atomic mass is 9.70. The first-order valence-corrected chi connectivity index (χ1v) is 23.2. The van der Waals surface area contributed by atoms with Crippen LogP contribution in [0.1, 0.15) is 109 Å². The number of rotatable bonds is 18. The maximum absolute atomic E-state index is 3.92. The minimum atomic E-state index is 0.0219. The quantitative estimate of drug-likeness (QED) is 0.0761. The number of hydrogen-bond donors (Lipinski definition) is 0. The molecule has 1 heterocycles. The molecule has 1 aliphatic carbocycles. The Kier molecular flexibility index (Phi) is 12.2. The molecule has 1 nitrogen and oxygen atoms in total. The molecule has 0 spiro atoms. The van der Waals surface area contributed by atoms with Gasteiger partial charge in [-0.2, -0.15) is 0 Å². The van der Waals surface area contributed by atoms with Crippen molar-refractivity contribution in [2.45, 2.75) is 96.3 Å². The molecule has 0 saturated heterocycles. The Bertz CT molecular complexity index is 2770. The topological polar surface area (TPSA) is 4.93 Å². The third-order valence-electron chi connectivity index (χ3n) is 13.9. The second-order valence-corrected chi connectivity index (χ2v) is 18.0. The fourth-order valence-corrected chi connectivity index (χ4v) is 10.6. The molecule has 0 amide bonds. The average Bonchev–Trinajstić information content (AvgIpc) is 3.77. The zero-order valence-electron chi connectivity index (χ0n) is 36.9. The number of fused-ring (bicyclic) bond motifs is 6. The Morgan fingerprint density at radius 3 is 1.69 bits per heavy atom. The number of aromatic nitrogens is 1. The summed E-state index contributed by atoms with van der Waals surface area (Å²) >= 11 is 0. The van der Waals surface area contributed by atoms with E-state index in [1.54, 1.807) is 11.1 Å². The smallest absolute Gasteiger partial charge is 0.0541 e. The van der Waals surface area contributed by atoms with Crippen LogP contribution >= 0.6 is 0 Å². The van der Waals surface area contributed by atoms with Gasteiger partial charge in [0.2, 0.25) is 0 Å². The number of aryl methyl sites for hydroxylation is 4. The number of para-hydroxylation sites is 2. The summed E-state index contributed by atoms with van der Waals surface area (Å²) in [5.74, 6) is 0. The van der Waals surface area contributed by atoms with E-state index in [9.17, 15) is 0 Å². The average molecular weight is 808 g/mol.